The van der Waals surface area contributed by atoms with Gasteiger partial charge in [-0.15, -0.1) is 0 Å². The van der Waals surface area contributed by atoms with Gasteiger partial charge in [0.25, 0.3) is 5.69 Å². The maximum Gasteiger partial charge on any atom is 0.410 e. The van der Waals surface area contributed by atoms with Crippen molar-refractivity contribution in [1.82, 2.24) is 4.90 Å². The largest absolute Gasteiger partial charge is 0.465 e. The van der Waals surface area contributed by atoms with Crippen LogP contribution in [0.15, 0.2) is 55.1 Å². The number of amides is 2. The van der Waals surface area contributed by atoms with Gasteiger partial charge in [-0.05, 0) is 42.3 Å². The lowest BCUT2D eigenvalue weighted by Crippen LogP contribution is -2.43. The van der Waals surface area contributed by atoms with Crippen molar-refractivity contribution < 1.29 is 43.1 Å². The van der Waals surface area contributed by atoms with Crippen LogP contribution in [0.3, 0.4) is 0 Å². The van der Waals surface area contributed by atoms with Gasteiger partial charge in [-0.1, -0.05) is 24.4 Å². The molecule has 1 aliphatic heterocycles. The van der Waals surface area contributed by atoms with Gasteiger partial charge in [-0.2, -0.15) is 0 Å². The number of thioether (sulfide) groups is 1. The van der Waals surface area contributed by atoms with Gasteiger partial charge in [0.05, 0.1) is 23.2 Å². The highest BCUT2D eigenvalue weighted by Gasteiger charge is 2.41. The molecule has 1 N–H and O–H groups in total. The van der Waals surface area contributed by atoms with Gasteiger partial charge in [-0.3, -0.25) is 24.6 Å². The number of carbonyl (C=O) groups is 5. The second kappa shape index (κ2) is 14.1. The van der Waals surface area contributed by atoms with E-state index in [9.17, 15) is 34.1 Å². The molecule has 1 fully saturated rings. The summed E-state index contributed by atoms with van der Waals surface area (Å²) in [6, 6.07) is 8.27. The summed E-state index contributed by atoms with van der Waals surface area (Å²) in [5, 5.41) is 12.9. The Morgan fingerprint density at radius 1 is 1.10 bits per heavy atom. The van der Waals surface area contributed by atoms with Crippen LogP contribution in [0, 0.1) is 10.1 Å². The summed E-state index contributed by atoms with van der Waals surface area (Å²) in [5.41, 5.74) is 0.404. The molecule has 0 aromatic heterocycles. The molecule has 2 atom stereocenters. The molecule has 0 radical (unpaired) electrons. The maximum atomic E-state index is 13.4. The molecule has 2 aromatic carbocycles. The lowest BCUT2D eigenvalue weighted by molar-refractivity contribution is -0.384. The number of hydrogen-bond acceptors (Lipinski definition) is 11. The van der Waals surface area contributed by atoms with Crippen molar-refractivity contribution in [1.29, 1.82) is 0 Å². The molecular weight excluding hydrogens is 558 g/mol. The van der Waals surface area contributed by atoms with Crippen molar-refractivity contribution in [2.24, 2.45) is 0 Å². The quantitative estimate of drug-likeness (QED) is 0.142. The maximum absolute atomic E-state index is 13.4. The Morgan fingerprint density at radius 2 is 1.76 bits per heavy atom. The molecular formula is C27H27N3O10S. The van der Waals surface area contributed by atoms with E-state index in [-0.39, 0.29) is 59.0 Å². The van der Waals surface area contributed by atoms with Crippen LogP contribution in [-0.2, 0) is 30.4 Å². The number of rotatable bonds is 10. The molecule has 2 amide bonds. The number of benzene rings is 2. The summed E-state index contributed by atoms with van der Waals surface area (Å²) in [6.07, 6.45) is 0.677. The fourth-order valence-electron chi connectivity index (χ4n) is 4.01. The predicted molar refractivity (Wildman–Crippen MR) is 147 cm³/mol. The number of non-ortho nitro benzene ring substituents is 1. The topological polar surface area (TPSA) is 171 Å². The van der Waals surface area contributed by atoms with Crippen molar-refractivity contribution in [2.45, 2.75) is 31.2 Å². The molecule has 216 valence electrons. The number of hydrogen-bond donors (Lipinski definition) is 1. The van der Waals surface area contributed by atoms with Gasteiger partial charge in [0.2, 0.25) is 5.91 Å². The summed E-state index contributed by atoms with van der Waals surface area (Å²) in [6.45, 7) is 4.62. The number of likely N-dealkylation sites (tertiary alicyclic amines) is 1. The minimum absolute atomic E-state index is 0.0216. The molecule has 1 heterocycles. The van der Waals surface area contributed by atoms with Gasteiger partial charge >= 0.3 is 18.0 Å². The first kappa shape index (κ1) is 30.8. The molecule has 0 aliphatic carbocycles. The standard InChI is InChI=1S/C27H27N3O10S/c1-4-9-39-26(34)19-10-18(25(33)38-3)11-20(12-19)28-24(32)23-13-22(41-16(2)31)14-29(23)27(35)40-15-17-5-7-21(8-6-17)30(36)37/h4-8,10-12,22-23H,1,9,13-15H2,2-3H3,(H,28,32)/t22-,23-/m0/s1. The molecule has 0 spiro atoms. The van der Waals surface area contributed by atoms with Crippen LogP contribution < -0.4 is 5.32 Å². The third-order valence-electron chi connectivity index (χ3n) is 5.83. The highest BCUT2D eigenvalue weighted by molar-refractivity contribution is 8.14. The Hall–Kier alpha value is -4.72. The molecule has 1 saturated heterocycles. The number of nitro benzene ring substituents is 1. The predicted octanol–water partition coefficient (Wildman–Crippen LogP) is 3.72. The average molecular weight is 586 g/mol. The van der Waals surface area contributed by atoms with E-state index < -0.39 is 34.9 Å². The highest BCUT2D eigenvalue weighted by Crippen LogP contribution is 2.30. The normalized spacial score (nSPS) is 15.9. The molecule has 0 unspecified atom stereocenters. The fourth-order valence-corrected chi connectivity index (χ4v) is 4.99. The Balaban J connectivity index is 1.80. The van der Waals surface area contributed by atoms with Crippen LogP contribution in [0.25, 0.3) is 0 Å². The van der Waals surface area contributed by atoms with Gasteiger partial charge < -0.3 is 19.5 Å². The van der Waals surface area contributed by atoms with Crippen LogP contribution >= 0.6 is 11.8 Å². The second-order valence-electron chi connectivity index (χ2n) is 8.78. The number of nitrogens with one attached hydrogen (secondary N) is 1. The van der Waals surface area contributed by atoms with Gasteiger partial charge in [0.15, 0.2) is 5.12 Å². The SMILES string of the molecule is C=CCOC(=O)c1cc(NC(=O)[C@@H]2C[C@H](SC(C)=O)CN2C(=O)OCc2ccc([N+](=O)[O-])cc2)cc(C(=O)OC)c1. The average Bonchev–Trinajstić information content (AvgIpc) is 3.37. The first-order valence-electron chi connectivity index (χ1n) is 12.2. The van der Waals surface area contributed by atoms with Crippen LogP contribution in [0.2, 0.25) is 0 Å². The fraction of sp³-hybridized carbons (Fsp3) is 0.296. The number of carbonyl (C=O) groups excluding carboxylic acids is 5. The van der Waals surface area contributed by atoms with Crippen LogP contribution in [-0.4, -0.2) is 70.4 Å². The lowest BCUT2D eigenvalue weighted by atomic mass is 10.1. The number of anilines is 1. The Labute approximate surface area is 239 Å². The van der Waals surface area contributed by atoms with E-state index >= 15 is 0 Å². The Bertz CT molecular complexity index is 1360. The van der Waals surface area contributed by atoms with Crippen molar-refractivity contribution in [3.8, 4) is 0 Å². The van der Waals surface area contributed by atoms with Crippen LogP contribution in [0.5, 0.6) is 0 Å². The third-order valence-corrected chi connectivity index (χ3v) is 6.84. The zero-order chi connectivity index (χ0) is 30.1. The smallest absolute Gasteiger partial charge is 0.410 e. The van der Waals surface area contributed by atoms with Gasteiger partial charge in [-0.25, -0.2) is 14.4 Å². The number of esters is 2. The summed E-state index contributed by atoms with van der Waals surface area (Å²) >= 11 is 0.990. The van der Waals surface area contributed by atoms with E-state index in [1.807, 2.05) is 0 Å². The third kappa shape index (κ3) is 8.38. The first-order chi connectivity index (χ1) is 19.5. The molecule has 0 saturated carbocycles. The molecule has 3 rings (SSSR count). The Morgan fingerprint density at radius 3 is 2.34 bits per heavy atom. The number of ether oxygens (including phenoxy) is 3. The van der Waals surface area contributed by atoms with Crippen molar-refractivity contribution >= 4 is 52.2 Å². The van der Waals surface area contributed by atoms with Crippen molar-refractivity contribution in [2.75, 3.05) is 25.6 Å². The summed E-state index contributed by atoms with van der Waals surface area (Å²) in [5.74, 6) is -2.16. The molecule has 41 heavy (non-hydrogen) atoms. The van der Waals surface area contributed by atoms with Crippen LogP contribution in [0.4, 0.5) is 16.2 Å². The summed E-state index contributed by atoms with van der Waals surface area (Å²) < 4.78 is 15.1. The van der Waals surface area contributed by atoms with E-state index in [1.165, 1.54) is 60.4 Å². The second-order valence-corrected chi connectivity index (χ2v) is 10.3. The molecule has 2 aromatic rings. The Kier molecular flexibility index (Phi) is 10.6. The summed E-state index contributed by atoms with van der Waals surface area (Å²) in [7, 11) is 1.16. The zero-order valence-electron chi connectivity index (χ0n) is 22.2. The monoisotopic (exact) mass is 585 g/mol. The minimum Gasteiger partial charge on any atom is -0.465 e. The minimum atomic E-state index is -1.05. The van der Waals surface area contributed by atoms with E-state index in [4.69, 9.17) is 14.2 Å². The molecule has 13 nitrogen and oxygen atoms in total. The molecule has 1 aliphatic rings. The van der Waals surface area contributed by atoms with Crippen LogP contribution in [0.1, 0.15) is 39.6 Å². The number of nitrogens with zero attached hydrogens (tertiary/aromatic N) is 2. The van der Waals surface area contributed by atoms with Gasteiger partial charge in [0, 0.05) is 36.5 Å². The number of methoxy groups -OCH3 is 1. The molecule has 14 heteroatoms. The van der Waals surface area contributed by atoms with Crippen molar-refractivity contribution in [3.63, 3.8) is 0 Å². The number of nitro groups is 1. The van der Waals surface area contributed by atoms with Crippen molar-refractivity contribution in [3.05, 3.63) is 81.9 Å². The van der Waals surface area contributed by atoms with E-state index in [0.29, 0.717) is 5.56 Å². The summed E-state index contributed by atoms with van der Waals surface area (Å²) in [4.78, 5) is 74.2. The van der Waals surface area contributed by atoms with E-state index in [1.54, 1.807) is 0 Å². The van der Waals surface area contributed by atoms with E-state index in [2.05, 4.69) is 11.9 Å². The lowest BCUT2D eigenvalue weighted by Gasteiger charge is -2.23. The first-order valence-corrected chi connectivity index (χ1v) is 13.1. The zero-order valence-corrected chi connectivity index (χ0v) is 23.0. The van der Waals surface area contributed by atoms with Gasteiger partial charge in [0.1, 0.15) is 19.3 Å². The van der Waals surface area contributed by atoms with E-state index in [0.717, 1.165) is 18.9 Å². The highest BCUT2D eigenvalue weighted by atomic mass is 32.2. The molecule has 0 bridgehead atoms.